The Morgan fingerprint density at radius 3 is 2.75 bits per heavy atom. The molecule has 3 N–H and O–H groups in total. The van der Waals surface area contributed by atoms with Crippen LogP contribution in [0.1, 0.15) is 30.8 Å². The number of aromatic nitrogens is 2. The summed E-state index contributed by atoms with van der Waals surface area (Å²) in [4.78, 5) is 12.7. The van der Waals surface area contributed by atoms with E-state index in [1.807, 2.05) is 45.2 Å². The number of thiocarbonyl (C=S) groups is 1. The summed E-state index contributed by atoms with van der Waals surface area (Å²) in [5.74, 6) is -0.265. The smallest absolute Gasteiger partial charge is 0.273 e. The van der Waals surface area contributed by atoms with Gasteiger partial charge < -0.3 is 11.1 Å². The number of carbonyl (C=O) groups is 1. The Bertz CT molecular complexity index is 679. The molecule has 1 atom stereocenters. The minimum absolute atomic E-state index is 0.265. The number of hydrogen-bond acceptors (Lipinski definition) is 3. The van der Waals surface area contributed by atoms with Crippen LogP contribution in [-0.4, -0.2) is 26.2 Å². The fraction of sp³-hybridized carbons (Fsp3) is 0.357. The number of fused-ring (bicyclic) bond motifs is 1. The number of rotatable bonds is 4. The molecule has 0 saturated carbocycles. The number of benzene rings is 1. The van der Waals surface area contributed by atoms with Gasteiger partial charge >= 0.3 is 0 Å². The van der Waals surface area contributed by atoms with E-state index in [0.717, 1.165) is 10.9 Å². The molecule has 5 nitrogen and oxygen atoms in total. The third kappa shape index (κ3) is 2.38. The van der Waals surface area contributed by atoms with Crippen molar-refractivity contribution in [2.75, 3.05) is 0 Å². The van der Waals surface area contributed by atoms with Crippen LogP contribution in [0.25, 0.3) is 10.9 Å². The Morgan fingerprint density at radius 1 is 1.50 bits per heavy atom. The van der Waals surface area contributed by atoms with Gasteiger partial charge in [0.2, 0.25) is 0 Å². The number of nitrogens with two attached hydrogens (primary N) is 1. The van der Waals surface area contributed by atoms with Crippen molar-refractivity contribution in [3.05, 3.63) is 30.0 Å². The lowest BCUT2D eigenvalue weighted by Crippen LogP contribution is -2.54. The van der Waals surface area contributed by atoms with Gasteiger partial charge in [0.25, 0.3) is 5.91 Å². The third-order valence-corrected chi connectivity index (χ3v) is 4.06. The predicted molar refractivity (Wildman–Crippen MR) is 83.7 cm³/mol. The number of hydrogen-bond donors (Lipinski definition) is 2. The van der Waals surface area contributed by atoms with Gasteiger partial charge in [-0.25, -0.2) is 0 Å². The van der Waals surface area contributed by atoms with E-state index in [9.17, 15) is 4.79 Å². The second-order valence-electron chi connectivity index (χ2n) is 4.99. The molecule has 6 heteroatoms. The molecule has 0 fully saturated rings. The van der Waals surface area contributed by atoms with Crippen LogP contribution in [0.2, 0.25) is 0 Å². The van der Waals surface area contributed by atoms with Crippen LogP contribution in [0.15, 0.2) is 24.3 Å². The first-order valence-corrected chi connectivity index (χ1v) is 6.84. The maximum absolute atomic E-state index is 12.4. The number of amides is 1. The Kier molecular flexibility index (Phi) is 3.76. The van der Waals surface area contributed by atoms with Gasteiger partial charge in [0.15, 0.2) is 5.69 Å². The number of carbonyl (C=O) groups excluding carboxylic acids is 1. The Labute approximate surface area is 123 Å². The molecular formula is C14H18N4OS. The molecule has 0 aliphatic rings. The van der Waals surface area contributed by atoms with Gasteiger partial charge in [0, 0.05) is 12.4 Å². The van der Waals surface area contributed by atoms with Crippen LogP contribution >= 0.6 is 12.2 Å². The van der Waals surface area contributed by atoms with E-state index in [-0.39, 0.29) is 10.9 Å². The molecule has 0 radical (unpaired) electrons. The first-order chi connectivity index (χ1) is 9.39. The van der Waals surface area contributed by atoms with Crippen LogP contribution < -0.4 is 11.1 Å². The van der Waals surface area contributed by atoms with Crippen molar-refractivity contribution in [2.45, 2.75) is 25.8 Å². The lowest BCUT2D eigenvalue weighted by atomic mass is 9.98. The summed E-state index contributed by atoms with van der Waals surface area (Å²) in [6.45, 7) is 3.74. The van der Waals surface area contributed by atoms with E-state index in [1.54, 1.807) is 4.68 Å². The lowest BCUT2D eigenvalue weighted by Gasteiger charge is -2.27. The molecule has 1 amide bonds. The molecular weight excluding hydrogens is 272 g/mol. The fourth-order valence-electron chi connectivity index (χ4n) is 2.02. The SMILES string of the molecule is CCC(C)(NC(=O)c1nn(C)c2ccccc12)C(N)=S. The quantitative estimate of drug-likeness (QED) is 0.842. The summed E-state index contributed by atoms with van der Waals surface area (Å²) in [5, 5.41) is 7.99. The van der Waals surface area contributed by atoms with Crippen LogP contribution in [-0.2, 0) is 7.05 Å². The van der Waals surface area contributed by atoms with Crippen molar-refractivity contribution in [1.82, 2.24) is 15.1 Å². The highest BCUT2D eigenvalue weighted by Crippen LogP contribution is 2.19. The molecule has 0 aliphatic heterocycles. The molecule has 2 aromatic rings. The molecule has 1 aromatic heterocycles. The average Bonchev–Trinajstić information content (AvgIpc) is 2.76. The minimum Gasteiger partial charge on any atom is -0.391 e. The fourth-order valence-corrected chi connectivity index (χ4v) is 2.21. The van der Waals surface area contributed by atoms with E-state index in [4.69, 9.17) is 18.0 Å². The largest absolute Gasteiger partial charge is 0.391 e. The average molecular weight is 290 g/mol. The number of para-hydroxylation sites is 1. The van der Waals surface area contributed by atoms with Gasteiger partial charge in [-0.2, -0.15) is 5.10 Å². The molecule has 2 rings (SSSR count). The monoisotopic (exact) mass is 290 g/mol. The molecule has 0 aliphatic carbocycles. The summed E-state index contributed by atoms with van der Waals surface area (Å²) in [7, 11) is 1.81. The summed E-state index contributed by atoms with van der Waals surface area (Å²) in [5.41, 5.74) is 6.31. The molecule has 0 saturated heterocycles. The van der Waals surface area contributed by atoms with Crippen LogP contribution in [0.5, 0.6) is 0 Å². The summed E-state index contributed by atoms with van der Waals surface area (Å²) < 4.78 is 1.69. The maximum atomic E-state index is 12.4. The molecule has 1 heterocycles. The normalized spacial score (nSPS) is 13.9. The van der Waals surface area contributed by atoms with E-state index in [1.165, 1.54) is 0 Å². The van der Waals surface area contributed by atoms with Crippen LogP contribution in [0.4, 0.5) is 0 Å². The van der Waals surface area contributed by atoms with Crippen molar-refractivity contribution < 1.29 is 4.79 Å². The van der Waals surface area contributed by atoms with Crippen LogP contribution in [0.3, 0.4) is 0 Å². The number of nitrogens with one attached hydrogen (secondary N) is 1. The van der Waals surface area contributed by atoms with Gasteiger partial charge in [-0.3, -0.25) is 9.48 Å². The second-order valence-corrected chi connectivity index (χ2v) is 5.43. The van der Waals surface area contributed by atoms with Gasteiger partial charge in [-0.05, 0) is 19.4 Å². The Hall–Kier alpha value is -1.95. The van der Waals surface area contributed by atoms with E-state index < -0.39 is 5.54 Å². The molecule has 0 spiro atoms. The second kappa shape index (κ2) is 5.20. The Morgan fingerprint density at radius 2 is 2.15 bits per heavy atom. The first-order valence-electron chi connectivity index (χ1n) is 6.43. The Balaban J connectivity index is 2.40. The summed E-state index contributed by atoms with van der Waals surface area (Å²) >= 11 is 5.04. The zero-order valence-corrected chi connectivity index (χ0v) is 12.6. The van der Waals surface area contributed by atoms with Gasteiger partial charge in [0.1, 0.15) is 0 Å². The minimum atomic E-state index is -0.703. The predicted octanol–water partition coefficient (Wildman–Crippen LogP) is 1.76. The van der Waals surface area contributed by atoms with Crippen molar-refractivity contribution in [3.8, 4) is 0 Å². The zero-order valence-electron chi connectivity index (χ0n) is 11.8. The maximum Gasteiger partial charge on any atom is 0.273 e. The topological polar surface area (TPSA) is 72.9 Å². The van der Waals surface area contributed by atoms with Crippen molar-refractivity contribution >= 4 is 34.0 Å². The standard InChI is InChI=1S/C14H18N4OS/c1-4-14(2,13(15)20)16-12(19)11-9-7-5-6-8-10(9)18(3)17-11/h5-8H,4H2,1-3H3,(H2,15,20)(H,16,19). The van der Waals surface area contributed by atoms with Gasteiger partial charge in [0.05, 0.1) is 16.0 Å². The molecule has 0 bridgehead atoms. The molecule has 20 heavy (non-hydrogen) atoms. The van der Waals surface area contributed by atoms with Crippen molar-refractivity contribution in [3.63, 3.8) is 0 Å². The molecule has 106 valence electrons. The molecule has 1 aromatic carbocycles. The van der Waals surface area contributed by atoms with E-state index in [0.29, 0.717) is 12.1 Å². The van der Waals surface area contributed by atoms with Gasteiger partial charge in [-0.1, -0.05) is 37.3 Å². The third-order valence-electron chi connectivity index (χ3n) is 3.61. The number of nitrogens with zero attached hydrogens (tertiary/aromatic N) is 2. The highest BCUT2D eigenvalue weighted by atomic mass is 32.1. The van der Waals surface area contributed by atoms with Crippen LogP contribution in [0, 0.1) is 0 Å². The van der Waals surface area contributed by atoms with E-state index in [2.05, 4.69) is 10.4 Å². The van der Waals surface area contributed by atoms with Gasteiger partial charge in [-0.15, -0.1) is 0 Å². The number of aryl methyl sites for hydroxylation is 1. The highest BCUT2D eigenvalue weighted by Gasteiger charge is 2.29. The van der Waals surface area contributed by atoms with Crippen molar-refractivity contribution in [2.24, 2.45) is 12.8 Å². The van der Waals surface area contributed by atoms with Crippen molar-refractivity contribution in [1.29, 1.82) is 0 Å². The summed E-state index contributed by atoms with van der Waals surface area (Å²) in [6.07, 6.45) is 0.624. The first kappa shape index (κ1) is 14.5. The highest BCUT2D eigenvalue weighted by molar-refractivity contribution is 7.80. The zero-order chi connectivity index (χ0) is 14.9. The summed E-state index contributed by atoms with van der Waals surface area (Å²) in [6, 6.07) is 7.59. The molecule has 1 unspecified atom stereocenters. The van der Waals surface area contributed by atoms with E-state index >= 15 is 0 Å². The lowest BCUT2D eigenvalue weighted by molar-refractivity contribution is 0.0922.